The zero-order valence-electron chi connectivity index (χ0n) is 19.1. The third-order valence-corrected chi connectivity index (χ3v) is 5.27. The molecule has 1 aromatic rings. The van der Waals surface area contributed by atoms with Crippen molar-refractivity contribution in [2.24, 2.45) is 11.8 Å². The topological polar surface area (TPSA) is 88.1 Å². The summed E-state index contributed by atoms with van der Waals surface area (Å²) in [6.45, 7) is 9.57. The lowest BCUT2D eigenvalue weighted by Crippen LogP contribution is -2.36. The summed E-state index contributed by atoms with van der Waals surface area (Å²) in [4.78, 5) is 37.6. The molecule has 33 heavy (non-hydrogen) atoms. The third-order valence-electron chi connectivity index (χ3n) is 5.27. The van der Waals surface area contributed by atoms with E-state index in [1.54, 1.807) is 13.0 Å². The minimum atomic E-state index is -1.26. The minimum Gasteiger partial charge on any atom is -0.461 e. The molecule has 0 unspecified atom stereocenters. The predicted octanol–water partition coefficient (Wildman–Crippen LogP) is 3.89. The van der Waals surface area contributed by atoms with Gasteiger partial charge < -0.3 is 18.9 Å². The molecule has 1 aromatic carbocycles. The highest BCUT2D eigenvalue weighted by Gasteiger charge is 2.42. The van der Waals surface area contributed by atoms with E-state index >= 15 is 0 Å². The molecule has 1 atom stereocenters. The number of benzene rings is 1. The molecule has 178 valence electrons. The first-order chi connectivity index (χ1) is 16.0. The summed E-state index contributed by atoms with van der Waals surface area (Å²) in [5, 5.41) is 0. The summed E-state index contributed by atoms with van der Waals surface area (Å²) in [6.07, 6.45) is 6.76. The van der Waals surface area contributed by atoms with Crippen LogP contribution >= 0.6 is 0 Å². The van der Waals surface area contributed by atoms with E-state index < -0.39 is 29.6 Å². The third kappa shape index (κ3) is 7.51. The van der Waals surface area contributed by atoms with Crippen LogP contribution in [0.1, 0.15) is 31.7 Å². The molecule has 0 amide bonds. The van der Waals surface area contributed by atoms with Crippen molar-refractivity contribution in [1.82, 2.24) is 0 Å². The molecule has 0 aliphatic carbocycles. The zero-order chi connectivity index (χ0) is 24.1. The Bertz CT molecular complexity index is 813. The molecule has 7 nitrogen and oxygen atoms in total. The first-order valence-corrected chi connectivity index (χ1v) is 11.1. The van der Waals surface area contributed by atoms with Crippen LogP contribution in [0.3, 0.4) is 0 Å². The summed E-state index contributed by atoms with van der Waals surface area (Å²) in [7, 11) is 0. The van der Waals surface area contributed by atoms with Crippen LogP contribution in [0.15, 0.2) is 67.8 Å². The van der Waals surface area contributed by atoms with Gasteiger partial charge in [-0.15, -0.1) is 0 Å². The molecule has 0 radical (unpaired) electrons. The Morgan fingerprint density at radius 3 is 2.12 bits per heavy atom. The Kier molecular flexibility index (Phi) is 10.7. The highest BCUT2D eigenvalue weighted by Crippen LogP contribution is 2.38. The largest absolute Gasteiger partial charge is 0.461 e. The smallest absolute Gasteiger partial charge is 0.321 e. The molecule has 0 bridgehead atoms. The maximum Gasteiger partial charge on any atom is 0.321 e. The molecule has 1 heterocycles. The van der Waals surface area contributed by atoms with Crippen LogP contribution in [-0.2, 0) is 39.1 Å². The Morgan fingerprint density at radius 1 is 1.03 bits per heavy atom. The summed E-state index contributed by atoms with van der Waals surface area (Å²) in [5.74, 6) is -4.55. The van der Waals surface area contributed by atoms with Crippen molar-refractivity contribution in [1.29, 1.82) is 0 Å². The minimum absolute atomic E-state index is 0.0471. The van der Waals surface area contributed by atoms with Gasteiger partial charge >= 0.3 is 11.9 Å². The number of allylic oxidation sites excluding steroid dienone is 2. The maximum atomic E-state index is 12.8. The molecule has 0 saturated carbocycles. The molecule has 1 aliphatic heterocycles. The lowest BCUT2D eigenvalue weighted by molar-refractivity contribution is -0.176. The number of ketones is 1. The van der Waals surface area contributed by atoms with Gasteiger partial charge in [0, 0.05) is 24.3 Å². The zero-order valence-corrected chi connectivity index (χ0v) is 19.1. The Hall–Kier alpha value is -3.03. The van der Waals surface area contributed by atoms with Gasteiger partial charge in [-0.3, -0.25) is 14.4 Å². The SMILES string of the molecule is C=CCOC(=O)C(C(=O)OCC=C)[C@H](/C=C/C(=O)CC)CCC1(c2ccccc2)OCCO1. The van der Waals surface area contributed by atoms with E-state index in [1.165, 1.54) is 18.2 Å². The van der Waals surface area contributed by atoms with Gasteiger partial charge in [0.05, 0.1) is 13.2 Å². The number of carbonyl (C=O) groups excluding carboxylic acids is 3. The fourth-order valence-electron chi connectivity index (χ4n) is 3.59. The summed E-state index contributed by atoms with van der Waals surface area (Å²) in [6, 6.07) is 9.49. The van der Waals surface area contributed by atoms with Crippen LogP contribution in [0.25, 0.3) is 0 Å². The maximum absolute atomic E-state index is 12.8. The van der Waals surface area contributed by atoms with E-state index in [4.69, 9.17) is 18.9 Å². The lowest BCUT2D eigenvalue weighted by Gasteiger charge is -2.30. The van der Waals surface area contributed by atoms with Crippen LogP contribution in [0, 0.1) is 11.8 Å². The van der Waals surface area contributed by atoms with E-state index in [9.17, 15) is 14.4 Å². The van der Waals surface area contributed by atoms with Gasteiger partial charge in [-0.05, 0) is 12.5 Å². The summed E-state index contributed by atoms with van der Waals surface area (Å²) < 4.78 is 22.3. The second-order valence-electron chi connectivity index (χ2n) is 7.51. The lowest BCUT2D eigenvalue weighted by atomic mass is 9.85. The summed E-state index contributed by atoms with van der Waals surface area (Å²) >= 11 is 0. The van der Waals surface area contributed by atoms with Crippen molar-refractivity contribution in [2.45, 2.75) is 32.0 Å². The molecule has 2 rings (SSSR count). The van der Waals surface area contributed by atoms with Gasteiger partial charge in [0.15, 0.2) is 17.5 Å². The molecule has 0 spiro atoms. The molecule has 7 heteroatoms. The van der Waals surface area contributed by atoms with Gasteiger partial charge in [0.1, 0.15) is 13.2 Å². The Labute approximate surface area is 195 Å². The number of esters is 2. The molecule has 1 saturated heterocycles. The summed E-state index contributed by atoms with van der Waals surface area (Å²) in [5.41, 5.74) is 0.842. The average Bonchev–Trinajstić information content (AvgIpc) is 3.33. The van der Waals surface area contributed by atoms with Gasteiger partial charge in [-0.2, -0.15) is 0 Å². The average molecular weight is 457 g/mol. The number of hydrogen-bond donors (Lipinski definition) is 0. The molecular formula is C26H32O7. The van der Waals surface area contributed by atoms with Gasteiger partial charge in [-0.25, -0.2) is 0 Å². The molecule has 0 N–H and O–H groups in total. The number of rotatable bonds is 14. The van der Waals surface area contributed by atoms with Crippen molar-refractivity contribution in [3.63, 3.8) is 0 Å². The van der Waals surface area contributed by atoms with Crippen LogP contribution in [0.4, 0.5) is 0 Å². The molecular weight excluding hydrogens is 424 g/mol. The quantitative estimate of drug-likeness (QED) is 0.182. The Balaban J connectivity index is 2.34. The number of carbonyl (C=O) groups is 3. The van der Waals surface area contributed by atoms with Crippen LogP contribution < -0.4 is 0 Å². The van der Waals surface area contributed by atoms with E-state index in [0.717, 1.165) is 5.56 Å². The fraction of sp³-hybridized carbons (Fsp3) is 0.423. The number of ether oxygens (including phenoxy) is 4. The standard InChI is InChI=1S/C26H32O7/c1-4-16-30-24(28)23(25(29)31-17-5-2)20(12-13-22(27)6-3)14-15-26(32-18-19-33-26)21-10-8-7-9-11-21/h4-5,7-13,20,23H,1-2,6,14-19H2,3H3/b13-12+/t20-/m1/s1. The number of hydrogen-bond acceptors (Lipinski definition) is 7. The second-order valence-corrected chi connectivity index (χ2v) is 7.51. The van der Waals surface area contributed by atoms with Crippen molar-refractivity contribution < 1.29 is 33.3 Å². The van der Waals surface area contributed by atoms with Crippen molar-refractivity contribution in [3.05, 3.63) is 73.4 Å². The van der Waals surface area contributed by atoms with Crippen molar-refractivity contribution in [3.8, 4) is 0 Å². The van der Waals surface area contributed by atoms with Crippen LogP contribution in [0.5, 0.6) is 0 Å². The molecule has 0 aromatic heterocycles. The van der Waals surface area contributed by atoms with Crippen LogP contribution in [0.2, 0.25) is 0 Å². The van der Waals surface area contributed by atoms with Crippen LogP contribution in [-0.4, -0.2) is 44.1 Å². The normalized spacial score (nSPS) is 15.8. The van der Waals surface area contributed by atoms with E-state index in [1.807, 2.05) is 30.3 Å². The van der Waals surface area contributed by atoms with Gasteiger partial charge in [0.2, 0.25) is 0 Å². The van der Waals surface area contributed by atoms with Gasteiger partial charge in [-0.1, -0.05) is 68.6 Å². The predicted molar refractivity (Wildman–Crippen MR) is 123 cm³/mol. The van der Waals surface area contributed by atoms with E-state index in [0.29, 0.717) is 32.5 Å². The monoisotopic (exact) mass is 456 g/mol. The fourth-order valence-corrected chi connectivity index (χ4v) is 3.59. The van der Waals surface area contributed by atoms with Crippen molar-refractivity contribution in [2.75, 3.05) is 26.4 Å². The van der Waals surface area contributed by atoms with Gasteiger partial charge in [0.25, 0.3) is 0 Å². The Morgan fingerprint density at radius 2 is 1.61 bits per heavy atom. The second kappa shape index (κ2) is 13.5. The highest BCUT2D eigenvalue weighted by molar-refractivity contribution is 5.96. The first-order valence-electron chi connectivity index (χ1n) is 11.1. The molecule has 1 fully saturated rings. The molecule has 1 aliphatic rings. The van der Waals surface area contributed by atoms with E-state index in [2.05, 4.69) is 13.2 Å². The van der Waals surface area contributed by atoms with Crippen molar-refractivity contribution >= 4 is 17.7 Å². The van der Waals surface area contributed by atoms with E-state index in [-0.39, 0.29) is 19.0 Å². The first kappa shape index (κ1) is 26.2. The highest BCUT2D eigenvalue weighted by atomic mass is 16.7.